The van der Waals surface area contributed by atoms with Crippen molar-refractivity contribution in [1.82, 2.24) is 4.72 Å². The minimum absolute atomic E-state index is 0.133. The van der Waals surface area contributed by atoms with E-state index in [4.69, 9.17) is 5.11 Å². The van der Waals surface area contributed by atoms with Crippen LogP contribution in [0, 0.1) is 5.92 Å². The number of nitrogens with one attached hydrogen (secondary N) is 1. The predicted molar refractivity (Wildman–Crippen MR) is 71.4 cm³/mol. The molecule has 2 rings (SSSR count). The summed E-state index contributed by atoms with van der Waals surface area (Å²) in [7, 11) is -3.27. The molecule has 2 N–H and O–H groups in total. The highest BCUT2D eigenvalue weighted by molar-refractivity contribution is 7.89. The lowest BCUT2D eigenvalue weighted by Gasteiger charge is -2.07. The van der Waals surface area contributed by atoms with Crippen molar-refractivity contribution in [1.29, 1.82) is 0 Å². The number of hydrogen-bond acceptors (Lipinski definition) is 3. The largest absolute Gasteiger partial charge is 0.478 e. The molecule has 5 nitrogen and oxygen atoms in total. The minimum Gasteiger partial charge on any atom is -0.478 e. The summed E-state index contributed by atoms with van der Waals surface area (Å²) in [5.41, 5.74) is 0.810. The van der Waals surface area contributed by atoms with Gasteiger partial charge in [-0.15, -0.1) is 0 Å². The molecule has 1 saturated carbocycles. The standard InChI is InChI=1S/C13H17NO4S/c15-13(16)12-3-1-2-11(8-12)9-14-19(17,18)7-6-10-4-5-10/h1-3,8,10,14H,4-7,9H2,(H,15,16). The molecule has 1 aliphatic carbocycles. The van der Waals surface area contributed by atoms with Gasteiger partial charge in [0, 0.05) is 6.54 Å². The van der Waals surface area contributed by atoms with Crippen LogP contribution in [0.25, 0.3) is 0 Å². The van der Waals surface area contributed by atoms with Crippen molar-refractivity contribution in [3.05, 3.63) is 35.4 Å². The molecule has 1 aromatic carbocycles. The van der Waals surface area contributed by atoms with Gasteiger partial charge in [0.15, 0.2) is 0 Å². The second kappa shape index (κ2) is 5.71. The summed E-state index contributed by atoms with van der Waals surface area (Å²) in [4.78, 5) is 10.8. The maximum Gasteiger partial charge on any atom is 0.335 e. The fourth-order valence-electron chi connectivity index (χ4n) is 1.81. The monoisotopic (exact) mass is 283 g/mol. The van der Waals surface area contributed by atoms with Crippen LogP contribution in [0.2, 0.25) is 0 Å². The van der Waals surface area contributed by atoms with Crippen LogP contribution in [0.3, 0.4) is 0 Å². The number of hydrogen-bond donors (Lipinski definition) is 2. The second-order valence-corrected chi connectivity index (χ2v) is 6.80. The lowest BCUT2D eigenvalue weighted by Crippen LogP contribution is -2.26. The van der Waals surface area contributed by atoms with Crippen molar-refractivity contribution < 1.29 is 18.3 Å². The zero-order chi connectivity index (χ0) is 13.9. The Kier molecular flexibility index (Phi) is 4.21. The zero-order valence-electron chi connectivity index (χ0n) is 10.5. The molecule has 0 radical (unpaired) electrons. The Labute approximate surface area is 112 Å². The normalized spacial score (nSPS) is 15.4. The van der Waals surface area contributed by atoms with E-state index in [-0.39, 0.29) is 17.9 Å². The fourth-order valence-corrected chi connectivity index (χ4v) is 2.98. The molecule has 104 valence electrons. The molecule has 1 aliphatic rings. The quantitative estimate of drug-likeness (QED) is 0.796. The summed E-state index contributed by atoms with van der Waals surface area (Å²) in [6, 6.07) is 6.27. The number of carboxylic acids is 1. The van der Waals surface area contributed by atoms with Crippen LogP contribution in [0.4, 0.5) is 0 Å². The third-order valence-corrected chi connectivity index (χ3v) is 4.52. The van der Waals surface area contributed by atoms with E-state index in [2.05, 4.69) is 4.72 Å². The number of rotatable bonds is 7. The van der Waals surface area contributed by atoms with Gasteiger partial charge in [0.25, 0.3) is 0 Å². The van der Waals surface area contributed by atoms with Gasteiger partial charge in [-0.2, -0.15) is 0 Å². The van der Waals surface area contributed by atoms with Crippen LogP contribution >= 0.6 is 0 Å². The molecule has 0 aromatic heterocycles. The van der Waals surface area contributed by atoms with E-state index in [1.54, 1.807) is 12.1 Å². The molecule has 0 aliphatic heterocycles. The van der Waals surface area contributed by atoms with Crippen molar-refractivity contribution in [2.24, 2.45) is 5.92 Å². The lowest BCUT2D eigenvalue weighted by molar-refractivity contribution is 0.0696. The van der Waals surface area contributed by atoms with Gasteiger partial charge in [0.1, 0.15) is 0 Å². The first-order valence-electron chi connectivity index (χ1n) is 6.26. The summed E-state index contributed by atoms with van der Waals surface area (Å²) in [5, 5.41) is 8.85. The summed E-state index contributed by atoms with van der Waals surface area (Å²) < 4.78 is 26.0. The summed E-state index contributed by atoms with van der Waals surface area (Å²) in [6.45, 7) is 0.133. The summed E-state index contributed by atoms with van der Waals surface area (Å²) >= 11 is 0. The number of carbonyl (C=O) groups is 1. The van der Waals surface area contributed by atoms with Crippen molar-refractivity contribution >= 4 is 16.0 Å². The van der Waals surface area contributed by atoms with Gasteiger partial charge in [-0.05, 0) is 30.0 Å². The van der Waals surface area contributed by atoms with Crippen molar-refractivity contribution in [3.63, 3.8) is 0 Å². The maximum atomic E-state index is 11.7. The first kappa shape index (κ1) is 14.0. The van der Waals surface area contributed by atoms with E-state index in [1.165, 1.54) is 12.1 Å². The number of sulfonamides is 1. The van der Waals surface area contributed by atoms with Crippen LogP contribution in [0.5, 0.6) is 0 Å². The first-order chi connectivity index (χ1) is 8.96. The Bertz CT molecular complexity index is 564. The Balaban J connectivity index is 1.89. The maximum absolute atomic E-state index is 11.7. The number of carboxylic acid groups (broad SMARTS) is 1. The Hall–Kier alpha value is -1.40. The van der Waals surface area contributed by atoms with E-state index in [0.29, 0.717) is 17.9 Å². The molecule has 1 aromatic rings. The van der Waals surface area contributed by atoms with Gasteiger partial charge in [0.2, 0.25) is 10.0 Å². The van der Waals surface area contributed by atoms with Gasteiger partial charge in [-0.3, -0.25) is 0 Å². The van der Waals surface area contributed by atoms with Gasteiger partial charge in [-0.1, -0.05) is 25.0 Å². The highest BCUT2D eigenvalue weighted by atomic mass is 32.2. The molecule has 6 heteroatoms. The van der Waals surface area contributed by atoms with E-state index >= 15 is 0 Å². The highest BCUT2D eigenvalue weighted by Crippen LogP contribution is 2.32. The van der Waals surface area contributed by atoms with Crippen LogP contribution in [-0.2, 0) is 16.6 Å². The fraction of sp³-hybridized carbons (Fsp3) is 0.462. The van der Waals surface area contributed by atoms with Crippen LogP contribution in [0.1, 0.15) is 35.2 Å². The molecule has 0 atom stereocenters. The third-order valence-electron chi connectivity index (χ3n) is 3.16. The topological polar surface area (TPSA) is 83.5 Å². The minimum atomic E-state index is -3.27. The molecule has 19 heavy (non-hydrogen) atoms. The van der Waals surface area contributed by atoms with Crippen LogP contribution in [-0.4, -0.2) is 25.2 Å². The highest BCUT2D eigenvalue weighted by Gasteiger charge is 2.23. The van der Waals surface area contributed by atoms with Gasteiger partial charge in [0.05, 0.1) is 11.3 Å². The molecular weight excluding hydrogens is 266 g/mol. The van der Waals surface area contributed by atoms with E-state index in [0.717, 1.165) is 12.8 Å². The lowest BCUT2D eigenvalue weighted by atomic mass is 10.1. The average molecular weight is 283 g/mol. The number of aromatic carboxylic acids is 1. The Morgan fingerprint density at radius 2 is 2.11 bits per heavy atom. The molecular formula is C13H17NO4S. The van der Waals surface area contributed by atoms with Crippen molar-refractivity contribution in [2.75, 3.05) is 5.75 Å². The van der Waals surface area contributed by atoms with Crippen molar-refractivity contribution in [2.45, 2.75) is 25.8 Å². The van der Waals surface area contributed by atoms with Gasteiger partial charge in [-0.25, -0.2) is 17.9 Å². The molecule has 0 heterocycles. The third kappa shape index (κ3) is 4.65. The molecule has 0 amide bonds. The van der Waals surface area contributed by atoms with Crippen LogP contribution in [0.15, 0.2) is 24.3 Å². The van der Waals surface area contributed by atoms with Crippen molar-refractivity contribution in [3.8, 4) is 0 Å². The molecule has 0 unspecified atom stereocenters. The number of benzene rings is 1. The Morgan fingerprint density at radius 1 is 1.37 bits per heavy atom. The molecule has 1 fully saturated rings. The van der Waals surface area contributed by atoms with E-state index in [9.17, 15) is 13.2 Å². The van der Waals surface area contributed by atoms with Crippen LogP contribution < -0.4 is 4.72 Å². The summed E-state index contributed by atoms with van der Waals surface area (Å²) in [6.07, 6.45) is 2.98. The van der Waals surface area contributed by atoms with Gasteiger partial charge >= 0.3 is 5.97 Å². The van der Waals surface area contributed by atoms with E-state index in [1.807, 2.05) is 0 Å². The van der Waals surface area contributed by atoms with E-state index < -0.39 is 16.0 Å². The predicted octanol–water partition coefficient (Wildman–Crippen LogP) is 1.60. The van der Waals surface area contributed by atoms with Gasteiger partial charge < -0.3 is 5.11 Å². The molecule has 0 saturated heterocycles. The summed E-state index contributed by atoms with van der Waals surface area (Å²) in [5.74, 6) is -0.290. The SMILES string of the molecule is O=C(O)c1cccc(CNS(=O)(=O)CCC2CC2)c1. The smallest absolute Gasteiger partial charge is 0.335 e. The zero-order valence-corrected chi connectivity index (χ0v) is 11.3. The Morgan fingerprint density at radius 3 is 2.74 bits per heavy atom. The first-order valence-corrected chi connectivity index (χ1v) is 7.91. The molecule has 0 spiro atoms. The average Bonchev–Trinajstić information content (AvgIpc) is 3.19. The molecule has 0 bridgehead atoms. The second-order valence-electron chi connectivity index (χ2n) is 4.88.